The number of hydrogen-bond acceptors (Lipinski definition) is 5. The predicted octanol–water partition coefficient (Wildman–Crippen LogP) is 15.6. The van der Waals surface area contributed by atoms with E-state index in [-0.39, 0.29) is 19.1 Å². The number of nitrogens with zero attached hydrogens (tertiary/aromatic N) is 1. The van der Waals surface area contributed by atoms with Gasteiger partial charge in [-0.05, 0) is 44.9 Å². The SMILES string of the molecule is CCCCCCCCCCC/C=C/C(O)C(COP(=O)(O)OCC[N+](C)(C)C)NC(=O)CCCCCCCCCCCCCCC/C=C\CCCCCCCCCCCCCC. The van der Waals surface area contributed by atoms with Gasteiger partial charge in [0, 0.05) is 6.42 Å². The zero-order valence-electron chi connectivity index (χ0n) is 41.9. The maximum Gasteiger partial charge on any atom is 0.472 e. The molecule has 0 radical (unpaired) electrons. The second kappa shape index (κ2) is 45.1. The van der Waals surface area contributed by atoms with E-state index in [1.807, 2.05) is 27.2 Å². The van der Waals surface area contributed by atoms with Gasteiger partial charge in [0.25, 0.3) is 0 Å². The summed E-state index contributed by atoms with van der Waals surface area (Å²) in [5.74, 6) is -0.176. The molecule has 3 N–H and O–H groups in total. The molecule has 8 nitrogen and oxygen atoms in total. The Morgan fingerprint density at radius 2 is 0.871 bits per heavy atom. The normalized spacial score (nSPS) is 14.2. The van der Waals surface area contributed by atoms with E-state index in [0.717, 1.165) is 38.5 Å². The summed E-state index contributed by atoms with van der Waals surface area (Å²) in [6.45, 7) is 4.82. The highest BCUT2D eigenvalue weighted by molar-refractivity contribution is 7.47. The molecule has 3 unspecified atom stereocenters. The number of rotatable bonds is 49. The lowest BCUT2D eigenvalue weighted by molar-refractivity contribution is -0.870. The number of amides is 1. The van der Waals surface area contributed by atoms with Gasteiger partial charge < -0.3 is 19.8 Å². The molecule has 0 spiro atoms. The first-order valence-corrected chi connectivity index (χ1v) is 28.2. The quantitative estimate of drug-likeness (QED) is 0.0243. The Morgan fingerprint density at radius 3 is 1.24 bits per heavy atom. The van der Waals surface area contributed by atoms with Gasteiger partial charge in [-0.2, -0.15) is 0 Å². The molecule has 0 heterocycles. The standard InChI is InChI=1S/C53H105N2O6P/c1-6-8-10-12-14-16-18-19-20-21-22-23-24-25-26-27-28-29-30-31-32-33-34-35-37-39-41-43-45-47-53(57)54-51(50-61-62(58,59)60-49-48-55(3,4)5)52(56)46-44-42-40-38-36-17-15-13-11-9-7-2/h25-26,44,46,51-52,56H,6-24,27-43,45,47-50H2,1-5H3,(H-,54,57,58,59)/p+1/b26-25-,46-44+. The summed E-state index contributed by atoms with van der Waals surface area (Å²) in [7, 11) is 1.58. The fraction of sp³-hybridized carbons (Fsp3) is 0.906. The average molecular weight is 898 g/mol. The van der Waals surface area contributed by atoms with Crippen LogP contribution in [0.15, 0.2) is 24.3 Å². The van der Waals surface area contributed by atoms with Crippen LogP contribution < -0.4 is 5.32 Å². The number of allylic oxidation sites excluding steroid dienone is 3. The van der Waals surface area contributed by atoms with Crippen LogP contribution in [0.5, 0.6) is 0 Å². The molecule has 0 aromatic rings. The number of carbonyl (C=O) groups excluding carboxylic acids is 1. The summed E-state index contributed by atoms with van der Waals surface area (Å²) in [5, 5.41) is 13.8. The van der Waals surface area contributed by atoms with Gasteiger partial charge in [0.15, 0.2) is 0 Å². The van der Waals surface area contributed by atoms with Gasteiger partial charge in [-0.3, -0.25) is 13.8 Å². The van der Waals surface area contributed by atoms with Crippen molar-refractivity contribution in [3.05, 3.63) is 24.3 Å². The second-order valence-corrected chi connectivity index (χ2v) is 21.1. The largest absolute Gasteiger partial charge is 0.472 e. The number of phosphoric acid groups is 1. The molecule has 0 aliphatic carbocycles. The number of likely N-dealkylation sites (N-methyl/N-ethyl adjacent to an activating group) is 1. The smallest absolute Gasteiger partial charge is 0.387 e. The van der Waals surface area contributed by atoms with E-state index in [4.69, 9.17) is 9.05 Å². The number of carbonyl (C=O) groups is 1. The van der Waals surface area contributed by atoms with Crippen LogP contribution in [0, 0.1) is 0 Å². The lowest BCUT2D eigenvalue weighted by atomic mass is 10.0. The summed E-state index contributed by atoms with van der Waals surface area (Å²) in [5.41, 5.74) is 0. The molecule has 368 valence electrons. The van der Waals surface area contributed by atoms with Crippen molar-refractivity contribution >= 4 is 13.7 Å². The number of hydrogen-bond donors (Lipinski definition) is 3. The monoisotopic (exact) mass is 898 g/mol. The zero-order chi connectivity index (χ0) is 45.7. The summed E-state index contributed by atoms with van der Waals surface area (Å²) < 4.78 is 23.6. The summed E-state index contributed by atoms with van der Waals surface area (Å²) >= 11 is 0. The molecule has 9 heteroatoms. The maximum absolute atomic E-state index is 12.9. The van der Waals surface area contributed by atoms with Gasteiger partial charge in [0.05, 0.1) is 39.9 Å². The Labute approximate surface area is 385 Å². The lowest BCUT2D eigenvalue weighted by Crippen LogP contribution is -2.45. The van der Waals surface area contributed by atoms with E-state index in [0.29, 0.717) is 17.4 Å². The number of aliphatic hydroxyl groups excluding tert-OH is 1. The second-order valence-electron chi connectivity index (χ2n) is 19.6. The molecule has 3 atom stereocenters. The van der Waals surface area contributed by atoms with Gasteiger partial charge >= 0.3 is 7.82 Å². The molecule has 0 aromatic carbocycles. The van der Waals surface area contributed by atoms with Crippen LogP contribution in [0.1, 0.15) is 258 Å². The van der Waals surface area contributed by atoms with Crippen molar-refractivity contribution in [2.45, 2.75) is 270 Å². The van der Waals surface area contributed by atoms with Gasteiger partial charge in [-0.25, -0.2) is 4.57 Å². The number of nitrogens with one attached hydrogen (secondary N) is 1. The van der Waals surface area contributed by atoms with Crippen molar-refractivity contribution < 1.29 is 32.9 Å². The van der Waals surface area contributed by atoms with Crippen molar-refractivity contribution in [2.24, 2.45) is 0 Å². The van der Waals surface area contributed by atoms with Gasteiger partial charge in [0.2, 0.25) is 5.91 Å². The Balaban J connectivity index is 4.05. The molecule has 0 fully saturated rings. The third-order valence-corrected chi connectivity index (χ3v) is 13.1. The van der Waals surface area contributed by atoms with E-state index in [9.17, 15) is 19.4 Å². The van der Waals surface area contributed by atoms with E-state index < -0.39 is 20.0 Å². The highest BCUT2D eigenvalue weighted by Gasteiger charge is 2.27. The number of phosphoric ester groups is 1. The molecular formula is C53H106N2O6P+. The predicted molar refractivity (Wildman–Crippen MR) is 268 cm³/mol. The Bertz CT molecular complexity index is 1060. The van der Waals surface area contributed by atoms with E-state index in [1.54, 1.807) is 6.08 Å². The lowest BCUT2D eigenvalue weighted by Gasteiger charge is -2.25. The minimum absolute atomic E-state index is 0.0630. The van der Waals surface area contributed by atoms with Crippen LogP contribution >= 0.6 is 7.82 Å². The molecule has 62 heavy (non-hydrogen) atoms. The third-order valence-electron chi connectivity index (χ3n) is 12.2. The Hall–Kier alpha value is -1.02. The maximum atomic E-state index is 12.9. The van der Waals surface area contributed by atoms with Crippen LogP contribution in [0.3, 0.4) is 0 Å². The molecule has 0 bridgehead atoms. The fourth-order valence-electron chi connectivity index (χ4n) is 7.92. The molecule has 0 saturated carbocycles. The average Bonchev–Trinajstić information content (AvgIpc) is 3.23. The van der Waals surface area contributed by atoms with Crippen molar-refractivity contribution in [2.75, 3.05) is 40.9 Å². The van der Waals surface area contributed by atoms with Crippen molar-refractivity contribution in [1.82, 2.24) is 5.32 Å². The number of unbranched alkanes of at least 4 members (excludes halogenated alkanes) is 34. The minimum Gasteiger partial charge on any atom is -0.387 e. The van der Waals surface area contributed by atoms with Gasteiger partial charge in [-0.1, -0.05) is 231 Å². The van der Waals surface area contributed by atoms with Crippen molar-refractivity contribution in [1.29, 1.82) is 0 Å². The highest BCUT2D eigenvalue weighted by Crippen LogP contribution is 2.43. The topological polar surface area (TPSA) is 105 Å². The van der Waals surface area contributed by atoms with Gasteiger partial charge in [0.1, 0.15) is 13.2 Å². The van der Waals surface area contributed by atoms with Crippen LogP contribution in [0.4, 0.5) is 0 Å². The molecule has 0 aliphatic heterocycles. The number of aliphatic hydroxyl groups is 1. The summed E-state index contributed by atoms with van der Waals surface area (Å²) in [6, 6.07) is -0.842. The highest BCUT2D eigenvalue weighted by atomic mass is 31.2. The van der Waals surface area contributed by atoms with E-state index in [1.165, 1.54) is 199 Å². The first-order valence-electron chi connectivity index (χ1n) is 26.7. The summed E-state index contributed by atoms with van der Waals surface area (Å²) in [4.78, 5) is 23.2. The first-order chi connectivity index (χ1) is 30.0. The molecule has 0 saturated heterocycles. The Morgan fingerprint density at radius 1 is 0.532 bits per heavy atom. The van der Waals surface area contributed by atoms with E-state index in [2.05, 4.69) is 31.3 Å². The van der Waals surface area contributed by atoms with Crippen molar-refractivity contribution in [3.63, 3.8) is 0 Å². The van der Waals surface area contributed by atoms with Gasteiger partial charge in [-0.15, -0.1) is 0 Å². The van der Waals surface area contributed by atoms with Crippen LogP contribution in [-0.4, -0.2) is 73.4 Å². The van der Waals surface area contributed by atoms with Crippen LogP contribution in [0.2, 0.25) is 0 Å². The third kappa shape index (κ3) is 47.0. The zero-order valence-corrected chi connectivity index (χ0v) is 42.8. The van der Waals surface area contributed by atoms with E-state index >= 15 is 0 Å². The Kier molecular flexibility index (Phi) is 44.4. The number of quaternary nitrogens is 1. The van der Waals surface area contributed by atoms with Crippen LogP contribution in [-0.2, 0) is 18.4 Å². The van der Waals surface area contributed by atoms with Crippen LogP contribution in [0.25, 0.3) is 0 Å². The first kappa shape index (κ1) is 61.0. The molecule has 0 aliphatic rings. The fourth-order valence-corrected chi connectivity index (χ4v) is 8.66. The summed E-state index contributed by atoms with van der Waals surface area (Å²) in [6.07, 6.45) is 55.7. The molecular weight excluding hydrogens is 792 g/mol. The van der Waals surface area contributed by atoms with Crippen molar-refractivity contribution in [3.8, 4) is 0 Å². The molecule has 0 aromatic heterocycles. The molecule has 1 amide bonds. The molecule has 0 rings (SSSR count). The minimum atomic E-state index is -4.33.